The molecule has 146 valence electrons. The van der Waals surface area contributed by atoms with Crippen molar-refractivity contribution in [3.63, 3.8) is 0 Å². The molecule has 0 aliphatic carbocycles. The highest BCUT2D eigenvalue weighted by atomic mass is 32.2. The Labute approximate surface area is 157 Å². The summed E-state index contributed by atoms with van der Waals surface area (Å²) < 4.78 is 28.2. The zero-order chi connectivity index (χ0) is 19.0. The number of amides is 1. The Balaban J connectivity index is 1.46. The number of likely N-dealkylation sites (N-methyl/N-ethyl adjacent to an activating group) is 1. The Morgan fingerprint density at radius 2 is 2.04 bits per heavy atom. The molecule has 2 saturated heterocycles. The second kappa shape index (κ2) is 7.08. The molecule has 3 heterocycles. The number of hydrogen-bond acceptors (Lipinski definition) is 8. The molecule has 2 aromatic rings. The molecule has 27 heavy (non-hydrogen) atoms. The Morgan fingerprint density at radius 3 is 2.74 bits per heavy atom. The van der Waals surface area contributed by atoms with E-state index in [0.29, 0.717) is 23.1 Å². The quantitative estimate of drug-likeness (QED) is 0.797. The van der Waals surface area contributed by atoms with Crippen LogP contribution in [0.2, 0.25) is 0 Å². The molecule has 0 spiro atoms. The third kappa shape index (κ3) is 3.77. The van der Waals surface area contributed by atoms with Crippen LogP contribution in [-0.4, -0.2) is 73.8 Å². The number of fused-ring (bicyclic) bond motifs is 1. The van der Waals surface area contributed by atoms with Gasteiger partial charge < -0.3 is 10.2 Å². The van der Waals surface area contributed by atoms with Gasteiger partial charge in [0.2, 0.25) is 5.91 Å². The van der Waals surface area contributed by atoms with E-state index in [2.05, 4.69) is 20.5 Å². The first-order valence-corrected chi connectivity index (χ1v) is 11.0. The minimum Gasteiger partial charge on any atom is -0.370 e. The maximum Gasteiger partial charge on any atom is 0.238 e. The van der Waals surface area contributed by atoms with Gasteiger partial charge in [0.05, 0.1) is 29.4 Å². The molecule has 0 radical (unpaired) electrons. The van der Waals surface area contributed by atoms with Gasteiger partial charge in [-0.1, -0.05) is 0 Å². The molecular weight excluding hydrogens is 370 g/mol. The summed E-state index contributed by atoms with van der Waals surface area (Å²) >= 11 is 0. The largest absolute Gasteiger partial charge is 0.370 e. The van der Waals surface area contributed by atoms with Crippen molar-refractivity contribution in [3.05, 3.63) is 12.1 Å². The highest BCUT2D eigenvalue weighted by Crippen LogP contribution is 2.31. The van der Waals surface area contributed by atoms with E-state index in [0.717, 1.165) is 31.6 Å². The van der Waals surface area contributed by atoms with Gasteiger partial charge in [-0.3, -0.25) is 9.69 Å². The molecule has 0 saturated carbocycles. The van der Waals surface area contributed by atoms with Crippen molar-refractivity contribution < 1.29 is 17.8 Å². The number of rotatable bonds is 5. The maximum absolute atomic E-state index is 12.5. The van der Waals surface area contributed by atoms with Gasteiger partial charge in [0, 0.05) is 19.1 Å². The average molecular weight is 393 g/mol. The van der Waals surface area contributed by atoms with Crippen LogP contribution in [0, 0.1) is 0 Å². The van der Waals surface area contributed by atoms with Gasteiger partial charge in [0.25, 0.3) is 0 Å². The molecular formula is C17H23N5O4S. The first-order chi connectivity index (χ1) is 12.9. The molecule has 1 unspecified atom stereocenters. The monoisotopic (exact) mass is 393 g/mol. The van der Waals surface area contributed by atoms with Crippen LogP contribution in [0.3, 0.4) is 0 Å². The van der Waals surface area contributed by atoms with Crippen molar-refractivity contribution in [1.82, 2.24) is 15.2 Å². The molecule has 1 aromatic carbocycles. The lowest BCUT2D eigenvalue weighted by Crippen LogP contribution is -2.38. The predicted molar refractivity (Wildman–Crippen MR) is 102 cm³/mol. The Bertz CT molecular complexity index is 951. The predicted octanol–water partition coefficient (Wildman–Crippen LogP) is 0.880. The van der Waals surface area contributed by atoms with Crippen LogP contribution >= 0.6 is 0 Å². The molecule has 1 N–H and O–H groups in total. The summed E-state index contributed by atoms with van der Waals surface area (Å²) in [5.74, 6) is 0.0750. The van der Waals surface area contributed by atoms with E-state index in [1.807, 2.05) is 12.1 Å². The number of hydrogen-bond donors (Lipinski definition) is 1. The van der Waals surface area contributed by atoms with Gasteiger partial charge in [-0.2, -0.15) is 0 Å². The number of sulfone groups is 1. The number of aromatic nitrogens is 2. The van der Waals surface area contributed by atoms with Crippen LogP contribution in [0.25, 0.3) is 11.0 Å². The molecule has 2 aliphatic rings. The summed E-state index contributed by atoms with van der Waals surface area (Å²) in [6.45, 7) is 2.06. The normalized spacial score (nSPS) is 22.0. The standard InChI is InChI=1S/C17H23N5O4S/c1-21(12-6-9-27(24,25)11-12)10-15(23)18-13-4-5-14(22-7-2-3-8-22)17-16(13)19-26-20-17/h4-5,12H,2-3,6-11H2,1H3,(H,18,23). The number of carbonyl (C=O) groups excluding carboxylic acids is 1. The second-order valence-electron chi connectivity index (χ2n) is 7.31. The summed E-state index contributed by atoms with van der Waals surface area (Å²) in [5.41, 5.74) is 2.69. The fraction of sp³-hybridized carbons (Fsp3) is 0.588. The zero-order valence-electron chi connectivity index (χ0n) is 15.2. The Morgan fingerprint density at radius 1 is 1.30 bits per heavy atom. The molecule has 10 heteroatoms. The summed E-state index contributed by atoms with van der Waals surface area (Å²) in [5, 5.41) is 10.8. The van der Waals surface area contributed by atoms with Crippen LogP contribution in [0.5, 0.6) is 0 Å². The van der Waals surface area contributed by atoms with Crippen LogP contribution < -0.4 is 10.2 Å². The van der Waals surface area contributed by atoms with Crippen molar-refractivity contribution in [3.8, 4) is 0 Å². The van der Waals surface area contributed by atoms with Crippen LogP contribution in [0.1, 0.15) is 19.3 Å². The first kappa shape index (κ1) is 18.2. The van der Waals surface area contributed by atoms with Crippen molar-refractivity contribution in [2.75, 3.05) is 48.4 Å². The van der Waals surface area contributed by atoms with E-state index in [1.165, 1.54) is 0 Å². The summed E-state index contributed by atoms with van der Waals surface area (Å²) in [4.78, 5) is 16.5. The smallest absolute Gasteiger partial charge is 0.238 e. The molecule has 4 rings (SSSR count). The third-order valence-electron chi connectivity index (χ3n) is 5.34. The highest BCUT2D eigenvalue weighted by molar-refractivity contribution is 7.91. The van der Waals surface area contributed by atoms with E-state index in [4.69, 9.17) is 4.63 Å². The van der Waals surface area contributed by atoms with Crippen LogP contribution in [0.4, 0.5) is 11.4 Å². The first-order valence-electron chi connectivity index (χ1n) is 9.14. The van der Waals surface area contributed by atoms with E-state index in [-0.39, 0.29) is 30.0 Å². The van der Waals surface area contributed by atoms with Gasteiger partial charge in [0.15, 0.2) is 20.9 Å². The van der Waals surface area contributed by atoms with Crippen molar-refractivity contribution >= 4 is 38.2 Å². The summed E-state index contributed by atoms with van der Waals surface area (Å²) in [6.07, 6.45) is 2.86. The molecule has 1 amide bonds. The maximum atomic E-state index is 12.5. The number of anilines is 2. The van der Waals surface area contributed by atoms with Crippen molar-refractivity contribution in [2.45, 2.75) is 25.3 Å². The fourth-order valence-electron chi connectivity index (χ4n) is 3.84. The average Bonchev–Trinajstić information content (AvgIpc) is 3.34. The van der Waals surface area contributed by atoms with E-state index in [9.17, 15) is 13.2 Å². The lowest BCUT2D eigenvalue weighted by molar-refractivity contribution is -0.117. The molecule has 0 bridgehead atoms. The lowest BCUT2D eigenvalue weighted by atomic mass is 10.2. The fourth-order valence-corrected chi connectivity index (χ4v) is 5.64. The van der Waals surface area contributed by atoms with E-state index >= 15 is 0 Å². The minimum absolute atomic E-state index is 0.110. The van der Waals surface area contributed by atoms with Crippen LogP contribution in [0.15, 0.2) is 16.8 Å². The second-order valence-corrected chi connectivity index (χ2v) is 9.54. The topological polar surface area (TPSA) is 109 Å². The van der Waals surface area contributed by atoms with Gasteiger partial charge in [-0.15, -0.1) is 0 Å². The molecule has 9 nitrogen and oxygen atoms in total. The lowest BCUT2D eigenvalue weighted by Gasteiger charge is -2.22. The molecule has 1 aromatic heterocycles. The van der Waals surface area contributed by atoms with E-state index < -0.39 is 9.84 Å². The number of carbonyl (C=O) groups is 1. The number of nitrogens with one attached hydrogen (secondary N) is 1. The van der Waals surface area contributed by atoms with Crippen molar-refractivity contribution in [1.29, 1.82) is 0 Å². The number of nitrogens with zero attached hydrogens (tertiary/aromatic N) is 4. The van der Waals surface area contributed by atoms with Gasteiger partial charge >= 0.3 is 0 Å². The number of benzene rings is 1. The summed E-state index contributed by atoms with van der Waals surface area (Å²) in [7, 11) is -1.21. The van der Waals surface area contributed by atoms with Gasteiger partial charge in [-0.05, 0) is 48.8 Å². The highest BCUT2D eigenvalue weighted by Gasteiger charge is 2.31. The zero-order valence-corrected chi connectivity index (χ0v) is 16.0. The van der Waals surface area contributed by atoms with Gasteiger partial charge in [-0.25, -0.2) is 13.0 Å². The molecule has 2 aliphatic heterocycles. The van der Waals surface area contributed by atoms with Crippen LogP contribution in [-0.2, 0) is 14.6 Å². The molecule has 2 fully saturated rings. The van der Waals surface area contributed by atoms with Gasteiger partial charge in [0.1, 0.15) is 0 Å². The third-order valence-corrected chi connectivity index (χ3v) is 7.09. The molecule has 1 atom stereocenters. The summed E-state index contributed by atoms with van der Waals surface area (Å²) in [6, 6.07) is 3.63. The minimum atomic E-state index is -2.98. The van der Waals surface area contributed by atoms with Crippen molar-refractivity contribution in [2.24, 2.45) is 0 Å². The van der Waals surface area contributed by atoms with E-state index in [1.54, 1.807) is 11.9 Å². The Hall–Kier alpha value is -2.20. The Kier molecular flexibility index (Phi) is 4.77. The SMILES string of the molecule is CN(CC(=O)Nc1ccc(N2CCCC2)c2nonc12)C1CCS(=O)(=O)C1.